The maximum absolute atomic E-state index is 5.69. The second-order valence-corrected chi connectivity index (χ2v) is 4.63. The summed E-state index contributed by atoms with van der Waals surface area (Å²) in [7, 11) is 0. The van der Waals surface area contributed by atoms with Crippen LogP contribution in [0.5, 0.6) is 0 Å². The van der Waals surface area contributed by atoms with Crippen molar-refractivity contribution < 1.29 is 0 Å². The molecule has 4 aromatic rings. The molecule has 4 N–H and O–H groups in total. The molecular weight excluding hydrogens is 300 g/mol. The lowest BCUT2D eigenvalue weighted by Crippen LogP contribution is -1.90. The zero-order valence-corrected chi connectivity index (χ0v) is 13.7. The van der Waals surface area contributed by atoms with Gasteiger partial charge in [0.15, 0.2) is 0 Å². The molecule has 0 bridgehead atoms. The number of hydrogen-bond acceptors (Lipinski definition) is 6. The van der Waals surface area contributed by atoms with E-state index in [1.807, 2.05) is 44.2 Å². The Kier molecular flexibility index (Phi) is 5.96. The number of nitrogens with zero attached hydrogens (tertiary/aromatic N) is 4. The first-order valence-corrected chi connectivity index (χ1v) is 7.65. The van der Waals surface area contributed by atoms with E-state index in [9.17, 15) is 0 Å². The summed E-state index contributed by atoms with van der Waals surface area (Å²) >= 11 is 0. The van der Waals surface area contributed by atoms with Gasteiger partial charge < -0.3 is 11.5 Å². The predicted octanol–water partition coefficient (Wildman–Crippen LogP) is 3.45. The van der Waals surface area contributed by atoms with Gasteiger partial charge >= 0.3 is 0 Å². The van der Waals surface area contributed by atoms with Crippen molar-refractivity contribution in [2.75, 3.05) is 11.5 Å². The highest BCUT2D eigenvalue weighted by Gasteiger charge is 1.95. The Balaban J connectivity index is 0.000000158. The van der Waals surface area contributed by atoms with Gasteiger partial charge in [-0.3, -0.25) is 4.98 Å². The number of aromatic nitrogens is 4. The van der Waals surface area contributed by atoms with E-state index < -0.39 is 0 Å². The van der Waals surface area contributed by atoms with Crippen molar-refractivity contribution in [2.45, 2.75) is 13.8 Å². The SMILES string of the molecule is CC.Nc1cccc2cnncc12.Nc1nccc2ccncc12. The molecule has 6 nitrogen and oxygen atoms in total. The molecule has 3 heterocycles. The zero-order valence-electron chi connectivity index (χ0n) is 13.7. The van der Waals surface area contributed by atoms with Crippen LogP contribution in [-0.4, -0.2) is 20.2 Å². The van der Waals surface area contributed by atoms with E-state index in [2.05, 4.69) is 20.2 Å². The molecule has 0 saturated heterocycles. The number of rotatable bonds is 0. The smallest absolute Gasteiger partial charge is 0.132 e. The Bertz CT molecular complexity index is 835. The summed E-state index contributed by atoms with van der Waals surface area (Å²) in [5.41, 5.74) is 12.0. The van der Waals surface area contributed by atoms with Crippen molar-refractivity contribution in [2.24, 2.45) is 0 Å². The van der Waals surface area contributed by atoms with Gasteiger partial charge in [-0.1, -0.05) is 26.0 Å². The fraction of sp³-hybridized carbons (Fsp3) is 0.111. The van der Waals surface area contributed by atoms with E-state index >= 15 is 0 Å². The van der Waals surface area contributed by atoms with Crippen LogP contribution in [0.2, 0.25) is 0 Å². The number of pyridine rings is 2. The second kappa shape index (κ2) is 8.38. The first-order valence-electron chi connectivity index (χ1n) is 7.65. The number of fused-ring (bicyclic) bond motifs is 2. The van der Waals surface area contributed by atoms with Crippen LogP contribution in [0.4, 0.5) is 11.5 Å². The topological polar surface area (TPSA) is 104 Å². The second-order valence-electron chi connectivity index (χ2n) is 4.63. The molecule has 122 valence electrons. The normalized spacial score (nSPS) is 9.58. The summed E-state index contributed by atoms with van der Waals surface area (Å²) in [5, 5.41) is 11.5. The monoisotopic (exact) mass is 320 g/mol. The molecule has 0 saturated carbocycles. The van der Waals surface area contributed by atoms with Crippen LogP contribution in [0, 0.1) is 0 Å². The highest BCUT2D eigenvalue weighted by atomic mass is 15.1. The number of nitrogen functional groups attached to an aromatic ring is 2. The number of hydrogen-bond donors (Lipinski definition) is 2. The van der Waals surface area contributed by atoms with Gasteiger partial charge in [-0.15, -0.1) is 0 Å². The minimum atomic E-state index is 0.538. The van der Waals surface area contributed by atoms with Crippen LogP contribution >= 0.6 is 0 Å². The highest BCUT2D eigenvalue weighted by molar-refractivity contribution is 5.91. The first kappa shape index (κ1) is 17.1. The van der Waals surface area contributed by atoms with Gasteiger partial charge in [0.1, 0.15) is 5.82 Å². The summed E-state index contributed by atoms with van der Waals surface area (Å²) in [6.45, 7) is 4.00. The molecule has 24 heavy (non-hydrogen) atoms. The zero-order chi connectivity index (χ0) is 17.4. The van der Waals surface area contributed by atoms with Gasteiger partial charge in [0.2, 0.25) is 0 Å². The third-order valence-corrected chi connectivity index (χ3v) is 3.22. The molecule has 0 fully saturated rings. The molecule has 1 aromatic carbocycles. The number of nitrogens with two attached hydrogens (primary N) is 2. The van der Waals surface area contributed by atoms with Gasteiger partial charge in [0, 0.05) is 40.4 Å². The molecule has 6 heteroatoms. The third-order valence-electron chi connectivity index (χ3n) is 3.22. The van der Waals surface area contributed by atoms with Crippen LogP contribution in [0.3, 0.4) is 0 Å². The van der Waals surface area contributed by atoms with Gasteiger partial charge in [-0.2, -0.15) is 10.2 Å². The van der Waals surface area contributed by atoms with Crippen LogP contribution in [-0.2, 0) is 0 Å². The van der Waals surface area contributed by atoms with Crippen molar-refractivity contribution in [3.05, 3.63) is 61.3 Å². The van der Waals surface area contributed by atoms with Gasteiger partial charge in [-0.05, 0) is 23.6 Å². The summed E-state index contributed by atoms with van der Waals surface area (Å²) < 4.78 is 0. The van der Waals surface area contributed by atoms with E-state index in [-0.39, 0.29) is 0 Å². The molecular formula is C18H20N6. The average Bonchev–Trinajstić information content (AvgIpc) is 2.65. The third kappa shape index (κ3) is 3.92. The first-order chi connectivity index (χ1) is 11.8. The molecule has 0 amide bonds. The Morgan fingerprint density at radius 1 is 0.750 bits per heavy atom. The van der Waals surface area contributed by atoms with Gasteiger partial charge in [-0.25, -0.2) is 4.98 Å². The Morgan fingerprint density at radius 2 is 1.50 bits per heavy atom. The van der Waals surface area contributed by atoms with Crippen molar-refractivity contribution >= 4 is 33.1 Å². The maximum atomic E-state index is 5.69. The largest absolute Gasteiger partial charge is 0.398 e. The van der Waals surface area contributed by atoms with Crippen LogP contribution in [0.1, 0.15) is 13.8 Å². The maximum Gasteiger partial charge on any atom is 0.132 e. The molecule has 0 unspecified atom stereocenters. The molecule has 0 aliphatic carbocycles. The lowest BCUT2D eigenvalue weighted by Gasteiger charge is -1.97. The fourth-order valence-corrected chi connectivity index (χ4v) is 2.08. The van der Waals surface area contributed by atoms with E-state index in [0.29, 0.717) is 5.82 Å². The Morgan fingerprint density at radius 3 is 2.25 bits per heavy atom. The van der Waals surface area contributed by atoms with Crippen LogP contribution in [0.15, 0.2) is 61.3 Å². The summed E-state index contributed by atoms with van der Waals surface area (Å²) in [5.74, 6) is 0.538. The number of benzene rings is 1. The van der Waals surface area contributed by atoms with Crippen molar-refractivity contribution in [3.63, 3.8) is 0 Å². The number of anilines is 2. The molecule has 0 aliphatic rings. The lowest BCUT2D eigenvalue weighted by molar-refractivity contribution is 1.05. The Hall–Kier alpha value is -3.28. The minimum absolute atomic E-state index is 0.538. The summed E-state index contributed by atoms with van der Waals surface area (Å²) in [4.78, 5) is 7.90. The van der Waals surface area contributed by atoms with Crippen molar-refractivity contribution in [1.82, 2.24) is 20.2 Å². The Labute approximate surface area is 140 Å². The molecule has 0 spiro atoms. The highest BCUT2D eigenvalue weighted by Crippen LogP contribution is 2.17. The van der Waals surface area contributed by atoms with E-state index in [1.165, 1.54) is 0 Å². The predicted molar refractivity (Wildman–Crippen MR) is 99.2 cm³/mol. The molecule has 0 aliphatic heterocycles. The quantitative estimate of drug-likeness (QED) is 0.481. The fourth-order valence-electron chi connectivity index (χ4n) is 2.08. The van der Waals surface area contributed by atoms with E-state index in [4.69, 9.17) is 11.5 Å². The van der Waals surface area contributed by atoms with E-state index in [0.717, 1.165) is 27.2 Å². The summed E-state index contributed by atoms with van der Waals surface area (Å²) in [6, 6.07) is 9.53. The summed E-state index contributed by atoms with van der Waals surface area (Å²) in [6.07, 6.45) is 8.52. The minimum Gasteiger partial charge on any atom is -0.398 e. The molecule has 4 rings (SSSR count). The van der Waals surface area contributed by atoms with Crippen molar-refractivity contribution in [3.8, 4) is 0 Å². The van der Waals surface area contributed by atoms with Gasteiger partial charge in [0.05, 0.1) is 12.4 Å². The van der Waals surface area contributed by atoms with Crippen LogP contribution < -0.4 is 11.5 Å². The standard InChI is InChI=1S/2C8H7N3.C2H6/c9-8-7-5-10-3-1-6(7)2-4-11-8;9-8-3-1-2-6-4-10-11-5-7(6)8;1-2/h1-5H,(H2,9,11);1-5H,9H2;1-2H3. The molecule has 0 radical (unpaired) electrons. The molecule has 3 aromatic heterocycles. The van der Waals surface area contributed by atoms with Crippen molar-refractivity contribution in [1.29, 1.82) is 0 Å². The average molecular weight is 320 g/mol. The van der Waals surface area contributed by atoms with Crippen LogP contribution in [0.25, 0.3) is 21.5 Å². The van der Waals surface area contributed by atoms with Gasteiger partial charge in [0.25, 0.3) is 0 Å². The lowest BCUT2D eigenvalue weighted by atomic mass is 10.2. The molecule has 0 atom stereocenters. The van der Waals surface area contributed by atoms with E-state index in [1.54, 1.807) is 31.0 Å².